The SMILES string of the molecule is CC(F)C(C)C=O. The maximum Gasteiger partial charge on any atom is 0.125 e. The molecule has 2 heteroatoms. The molecule has 0 saturated carbocycles. The van der Waals surface area contributed by atoms with Gasteiger partial charge in [-0.25, -0.2) is 4.39 Å². The Morgan fingerprint density at radius 3 is 2.00 bits per heavy atom. The predicted octanol–water partition coefficient (Wildman–Crippen LogP) is 1.18. The summed E-state index contributed by atoms with van der Waals surface area (Å²) < 4.78 is 11.9. The lowest BCUT2D eigenvalue weighted by atomic mass is 10.1. The van der Waals surface area contributed by atoms with Crippen LogP contribution in [-0.2, 0) is 4.79 Å². The fourth-order valence-corrected chi connectivity index (χ4v) is 0.108. The average molecular weight is 104 g/mol. The molecule has 0 aromatic heterocycles. The van der Waals surface area contributed by atoms with Gasteiger partial charge in [0.05, 0.1) is 0 Å². The van der Waals surface area contributed by atoms with Crippen molar-refractivity contribution in [3.8, 4) is 0 Å². The molecule has 0 aliphatic rings. The summed E-state index contributed by atoms with van der Waals surface area (Å²) in [4.78, 5) is 9.71. The van der Waals surface area contributed by atoms with E-state index in [0.717, 1.165) is 0 Å². The van der Waals surface area contributed by atoms with Crippen LogP contribution in [0.2, 0.25) is 0 Å². The van der Waals surface area contributed by atoms with Gasteiger partial charge in [-0.1, -0.05) is 6.92 Å². The molecular formula is C5H9FO. The first-order valence-corrected chi connectivity index (χ1v) is 2.28. The summed E-state index contributed by atoms with van der Waals surface area (Å²) >= 11 is 0. The molecule has 0 radical (unpaired) electrons. The fourth-order valence-electron chi connectivity index (χ4n) is 0.108. The molecule has 0 bridgehead atoms. The maximum atomic E-state index is 11.9. The summed E-state index contributed by atoms with van der Waals surface area (Å²) in [6.07, 6.45) is -0.387. The Labute approximate surface area is 42.5 Å². The van der Waals surface area contributed by atoms with Crippen molar-refractivity contribution in [2.75, 3.05) is 0 Å². The van der Waals surface area contributed by atoms with Crippen LogP contribution in [0.1, 0.15) is 13.8 Å². The smallest absolute Gasteiger partial charge is 0.125 e. The van der Waals surface area contributed by atoms with Crippen molar-refractivity contribution >= 4 is 6.29 Å². The summed E-state index contributed by atoms with van der Waals surface area (Å²) in [5.41, 5.74) is 0. The van der Waals surface area contributed by atoms with Crippen molar-refractivity contribution in [1.82, 2.24) is 0 Å². The van der Waals surface area contributed by atoms with Crippen molar-refractivity contribution in [2.45, 2.75) is 20.0 Å². The van der Waals surface area contributed by atoms with Gasteiger partial charge >= 0.3 is 0 Å². The van der Waals surface area contributed by atoms with Crippen LogP contribution >= 0.6 is 0 Å². The summed E-state index contributed by atoms with van der Waals surface area (Å²) in [5, 5.41) is 0. The second-order valence-electron chi connectivity index (χ2n) is 1.67. The molecule has 0 fully saturated rings. The van der Waals surface area contributed by atoms with Gasteiger partial charge in [-0.15, -0.1) is 0 Å². The van der Waals surface area contributed by atoms with Gasteiger partial charge in [0.1, 0.15) is 12.5 Å². The highest BCUT2D eigenvalue weighted by Crippen LogP contribution is 2.00. The third-order valence-corrected chi connectivity index (χ3v) is 0.939. The number of hydrogen-bond donors (Lipinski definition) is 0. The molecule has 0 heterocycles. The molecule has 42 valence electrons. The summed E-state index contributed by atoms with van der Waals surface area (Å²) in [5.74, 6) is -0.444. The van der Waals surface area contributed by atoms with E-state index in [1.807, 2.05) is 0 Å². The largest absolute Gasteiger partial charge is 0.303 e. The molecule has 0 amide bonds. The molecule has 0 N–H and O–H groups in total. The molecule has 2 unspecified atom stereocenters. The highest BCUT2D eigenvalue weighted by molar-refractivity contribution is 5.53. The lowest BCUT2D eigenvalue weighted by molar-refractivity contribution is -0.112. The first-order valence-electron chi connectivity index (χ1n) is 2.28. The van der Waals surface area contributed by atoms with E-state index in [1.54, 1.807) is 6.92 Å². The highest BCUT2D eigenvalue weighted by atomic mass is 19.1. The fraction of sp³-hybridized carbons (Fsp3) is 0.800. The Morgan fingerprint density at radius 2 is 2.00 bits per heavy atom. The van der Waals surface area contributed by atoms with Crippen LogP contribution in [-0.4, -0.2) is 12.5 Å². The van der Waals surface area contributed by atoms with Crippen LogP contribution in [0, 0.1) is 5.92 Å². The van der Waals surface area contributed by atoms with Gasteiger partial charge in [-0.3, -0.25) is 0 Å². The molecule has 7 heavy (non-hydrogen) atoms. The van der Waals surface area contributed by atoms with Crippen molar-refractivity contribution in [2.24, 2.45) is 5.92 Å². The zero-order chi connectivity index (χ0) is 5.86. The minimum atomic E-state index is -1.00. The van der Waals surface area contributed by atoms with Crippen LogP contribution in [0.15, 0.2) is 0 Å². The predicted molar refractivity (Wildman–Crippen MR) is 25.8 cm³/mol. The number of halogens is 1. The standard InChI is InChI=1S/C5H9FO/c1-4(3-7)5(2)6/h3-5H,1-2H3. The van der Waals surface area contributed by atoms with Gasteiger partial charge < -0.3 is 4.79 Å². The van der Waals surface area contributed by atoms with Gasteiger partial charge in [0.25, 0.3) is 0 Å². The quantitative estimate of drug-likeness (QED) is 0.481. The molecule has 0 saturated heterocycles. The van der Waals surface area contributed by atoms with Crippen molar-refractivity contribution in [3.63, 3.8) is 0 Å². The van der Waals surface area contributed by atoms with E-state index in [-0.39, 0.29) is 0 Å². The Hall–Kier alpha value is -0.400. The summed E-state index contributed by atoms with van der Waals surface area (Å²) in [6, 6.07) is 0. The minimum absolute atomic E-state index is 0.444. The second kappa shape index (κ2) is 2.72. The molecule has 0 aromatic rings. The van der Waals surface area contributed by atoms with Crippen LogP contribution in [0.4, 0.5) is 4.39 Å². The number of carbonyl (C=O) groups excluding carboxylic acids is 1. The highest BCUT2D eigenvalue weighted by Gasteiger charge is 2.06. The van der Waals surface area contributed by atoms with Crippen LogP contribution in [0.5, 0.6) is 0 Å². The van der Waals surface area contributed by atoms with E-state index in [1.165, 1.54) is 6.92 Å². The number of aldehydes is 1. The summed E-state index contributed by atoms with van der Waals surface area (Å²) in [6.45, 7) is 2.93. The molecule has 0 aliphatic heterocycles. The van der Waals surface area contributed by atoms with E-state index in [2.05, 4.69) is 0 Å². The minimum Gasteiger partial charge on any atom is -0.303 e. The zero-order valence-electron chi connectivity index (χ0n) is 4.52. The van der Waals surface area contributed by atoms with E-state index in [9.17, 15) is 9.18 Å². The Balaban J connectivity index is 3.33. The molecule has 0 aromatic carbocycles. The number of carbonyl (C=O) groups is 1. The molecule has 0 rings (SSSR count). The van der Waals surface area contributed by atoms with E-state index in [0.29, 0.717) is 6.29 Å². The Kier molecular flexibility index (Phi) is 2.56. The van der Waals surface area contributed by atoms with E-state index >= 15 is 0 Å². The normalized spacial score (nSPS) is 18.1. The van der Waals surface area contributed by atoms with E-state index < -0.39 is 12.1 Å². The van der Waals surface area contributed by atoms with Gasteiger partial charge in [0.15, 0.2) is 0 Å². The third kappa shape index (κ3) is 2.31. The Bertz CT molecular complexity index is 61.1. The van der Waals surface area contributed by atoms with Crippen molar-refractivity contribution < 1.29 is 9.18 Å². The second-order valence-corrected chi connectivity index (χ2v) is 1.67. The molecule has 0 spiro atoms. The number of alkyl halides is 1. The first kappa shape index (κ1) is 6.60. The molecule has 0 aliphatic carbocycles. The monoisotopic (exact) mass is 104 g/mol. The van der Waals surface area contributed by atoms with Gasteiger partial charge in [-0.05, 0) is 6.92 Å². The Morgan fingerprint density at radius 1 is 1.57 bits per heavy atom. The van der Waals surface area contributed by atoms with Crippen LogP contribution in [0.25, 0.3) is 0 Å². The van der Waals surface area contributed by atoms with Crippen molar-refractivity contribution in [1.29, 1.82) is 0 Å². The zero-order valence-corrected chi connectivity index (χ0v) is 4.52. The number of hydrogen-bond acceptors (Lipinski definition) is 1. The summed E-state index contributed by atoms with van der Waals surface area (Å²) in [7, 11) is 0. The molecular weight excluding hydrogens is 95.1 g/mol. The average Bonchev–Trinajstić information content (AvgIpc) is 1.65. The van der Waals surface area contributed by atoms with Gasteiger partial charge in [0, 0.05) is 5.92 Å². The van der Waals surface area contributed by atoms with Gasteiger partial charge in [0.2, 0.25) is 0 Å². The van der Waals surface area contributed by atoms with Crippen LogP contribution in [0.3, 0.4) is 0 Å². The third-order valence-electron chi connectivity index (χ3n) is 0.939. The topological polar surface area (TPSA) is 17.1 Å². The maximum absolute atomic E-state index is 11.9. The molecule has 1 nitrogen and oxygen atoms in total. The lowest BCUT2D eigenvalue weighted by Gasteiger charge is -2.00. The van der Waals surface area contributed by atoms with Crippen LogP contribution < -0.4 is 0 Å². The van der Waals surface area contributed by atoms with Gasteiger partial charge in [-0.2, -0.15) is 0 Å². The lowest BCUT2D eigenvalue weighted by Crippen LogP contribution is -2.08. The molecule has 2 atom stereocenters. The van der Waals surface area contributed by atoms with Crippen molar-refractivity contribution in [3.05, 3.63) is 0 Å². The first-order chi connectivity index (χ1) is 3.18. The number of rotatable bonds is 2. The van der Waals surface area contributed by atoms with E-state index in [4.69, 9.17) is 0 Å².